The highest BCUT2D eigenvalue weighted by atomic mass is 15.2. The second-order valence-corrected chi connectivity index (χ2v) is 22.4. The Morgan fingerprint density at radius 3 is 0.757 bits per heavy atom. The van der Waals surface area contributed by atoms with E-state index < -0.39 is 0 Å². The molecule has 0 heterocycles. The fourth-order valence-corrected chi connectivity index (χ4v) is 13.8. The molecular weight excluding hydrogens is 845 g/mol. The summed E-state index contributed by atoms with van der Waals surface area (Å²) in [6.07, 6.45) is 26.8. The molecule has 4 aliphatic carbocycles. The SMILES string of the molecule is Cc1ccc2c(N(c3ccc(C4CCCCC4)cc3)c3ccc(C4CCCCC4)cc3)cc3c4cc(C)ccc4c(N(c4ccc(C5CCCCC5)cc4)c4ccc(C5CCCCC5)cc4)cc3c2c1. The van der Waals surface area contributed by atoms with Crippen molar-refractivity contribution in [1.29, 1.82) is 0 Å². The van der Waals surface area contributed by atoms with Crippen LogP contribution in [-0.2, 0) is 0 Å². The first-order chi connectivity index (χ1) is 34.5. The monoisotopic (exact) mass is 919 g/mol. The Morgan fingerprint density at radius 2 is 0.500 bits per heavy atom. The Kier molecular flexibility index (Phi) is 13.0. The van der Waals surface area contributed by atoms with Crippen LogP contribution in [0, 0.1) is 13.8 Å². The smallest absolute Gasteiger partial charge is 0.0546 e. The van der Waals surface area contributed by atoms with Crippen molar-refractivity contribution < 1.29 is 0 Å². The van der Waals surface area contributed by atoms with Gasteiger partial charge in [-0.1, -0.05) is 173 Å². The van der Waals surface area contributed by atoms with Gasteiger partial charge in [-0.15, -0.1) is 0 Å². The van der Waals surface area contributed by atoms with Crippen molar-refractivity contribution in [2.24, 2.45) is 0 Å². The van der Waals surface area contributed by atoms with Gasteiger partial charge in [0, 0.05) is 33.5 Å². The fraction of sp³-hybridized carbons (Fsp3) is 0.382. The summed E-state index contributed by atoms with van der Waals surface area (Å²) >= 11 is 0. The molecule has 0 bridgehead atoms. The van der Waals surface area contributed by atoms with Gasteiger partial charge in [0.25, 0.3) is 0 Å². The van der Waals surface area contributed by atoms with E-state index in [4.69, 9.17) is 0 Å². The second-order valence-electron chi connectivity index (χ2n) is 22.4. The predicted molar refractivity (Wildman–Crippen MR) is 301 cm³/mol. The maximum Gasteiger partial charge on any atom is 0.0546 e. The summed E-state index contributed by atoms with van der Waals surface area (Å²) in [6.45, 7) is 4.54. The van der Waals surface area contributed by atoms with Crippen molar-refractivity contribution in [3.8, 4) is 0 Å². The fourth-order valence-electron chi connectivity index (χ4n) is 13.8. The zero-order valence-electron chi connectivity index (χ0n) is 42.2. The van der Waals surface area contributed by atoms with E-state index in [2.05, 4.69) is 169 Å². The molecule has 0 amide bonds. The summed E-state index contributed by atoms with van der Waals surface area (Å²) in [7, 11) is 0. The Balaban J connectivity index is 1.05. The lowest BCUT2D eigenvalue weighted by atomic mass is 9.84. The minimum Gasteiger partial charge on any atom is -0.310 e. The molecule has 4 aliphatic rings. The number of anilines is 6. The number of hydrogen-bond donors (Lipinski definition) is 0. The predicted octanol–water partition coefficient (Wildman–Crippen LogP) is 20.9. The lowest BCUT2D eigenvalue weighted by Gasteiger charge is -2.31. The summed E-state index contributed by atoms with van der Waals surface area (Å²) < 4.78 is 0. The molecule has 0 unspecified atom stereocenters. The lowest BCUT2D eigenvalue weighted by Crippen LogP contribution is -2.13. The molecule has 8 aromatic carbocycles. The average molecular weight is 919 g/mol. The molecule has 8 aromatic rings. The van der Waals surface area contributed by atoms with E-state index >= 15 is 0 Å². The van der Waals surface area contributed by atoms with Crippen LogP contribution in [0.25, 0.3) is 32.3 Å². The van der Waals surface area contributed by atoms with Crippen LogP contribution in [0.3, 0.4) is 0 Å². The molecule has 0 spiro atoms. The molecule has 0 atom stereocenters. The Morgan fingerprint density at radius 1 is 0.257 bits per heavy atom. The highest BCUT2D eigenvalue weighted by Crippen LogP contribution is 2.49. The van der Waals surface area contributed by atoms with Gasteiger partial charge >= 0.3 is 0 Å². The van der Waals surface area contributed by atoms with Crippen LogP contribution in [0.2, 0.25) is 0 Å². The maximum absolute atomic E-state index is 2.58. The van der Waals surface area contributed by atoms with Crippen molar-refractivity contribution in [2.45, 2.75) is 166 Å². The number of fused-ring (bicyclic) bond motifs is 5. The van der Waals surface area contributed by atoms with Crippen LogP contribution >= 0.6 is 0 Å². The first-order valence-corrected chi connectivity index (χ1v) is 27.9. The molecule has 0 N–H and O–H groups in total. The number of rotatable bonds is 10. The molecule has 0 aliphatic heterocycles. The van der Waals surface area contributed by atoms with Crippen LogP contribution in [0.15, 0.2) is 146 Å². The quantitative estimate of drug-likeness (QED) is 0.126. The average Bonchev–Trinajstić information content (AvgIpc) is 3.43. The molecule has 2 nitrogen and oxygen atoms in total. The van der Waals surface area contributed by atoms with E-state index in [1.165, 1.54) is 228 Å². The van der Waals surface area contributed by atoms with Crippen molar-refractivity contribution in [3.05, 3.63) is 179 Å². The van der Waals surface area contributed by atoms with E-state index in [0.717, 1.165) is 0 Å². The van der Waals surface area contributed by atoms with Crippen LogP contribution in [0.4, 0.5) is 34.1 Å². The molecular formula is C68H74N2. The zero-order chi connectivity index (χ0) is 47.0. The Labute approximate surface area is 419 Å². The van der Waals surface area contributed by atoms with Crippen LogP contribution < -0.4 is 9.80 Å². The van der Waals surface area contributed by atoms with E-state index in [1.54, 1.807) is 0 Å². The first-order valence-electron chi connectivity index (χ1n) is 27.9. The molecule has 70 heavy (non-hydrogen) atoms. The third-order valence-electron chi connectivity index (χ3n) is 17.7. The zero-order valence-corrected chi connectivity index (χ0v) is 42.2. The molecule has 4 fully saturated rings. The van der Waals surface area contributed by atoms with Crippen molar-refractivity contribution in [1.82, 2.24) is 0 Å². The lowest BCUT2D eigenvalue weighted by molar-refractivity contribution is 0.443. The van der Waals surface area contributed by atoms with Crippen LogP contribution in [0.5, 0.6) is 0 Å². The molecule has 0 saturated heterocycles. The van der Waals surface area contributed by atoms with Gasteiger partial charge in [0.1, 0.15) is 0 Å². The standard InChI is InChI=1S/C68H74N2/c1-47-23-41-61-63(43-47)65-45-68(70(59-37-29-55(30-38-59)51-19-11-5-12-20-51)60-39-31-56(32-40-60)52-21-13-6-14-22-52)62-42-24-48(2)44-64(62)66(65)46-67(61)69(57-33-25-53(26-34-57)49-15-7-3-8-16-49)58-35-27-54(28-36-58)50-17-9-4-10-18-50/h23-46,49-52H,3-22H2,1-2H3. The van der Waals surface area contributed by atoms with Gasteiger partial charge in [0.2, 0.25) is 0 Å². The summed E-state index contributed by atoms with van der Waals surface area (Å²) in [5.41, 5.74) is 15.9. The molecule has 0 radical (unpaired) electrons. The number of benzene rings is 8. The van der Waals surface area contributed by atoms with Crippen molar-refractivity contribution in [2.75, 3.05) is 9.80 Å². The van der Waals surface area contributed by atoms with E-state index in [1.807, 2.05) is 0 Å². The minimum absolute atomic E-state index is 0.670. The molecule has 2 heteroatoms. The normalized spacial score (nSPS) is 17.9. The van der Waals surface area contributed by atoms with Crippen molar-refractivity contribution in [3.63, 3.8) is 0 Å². The second kappa shape index (κ2) is 20.1. The summed E-state index contributed by atoms with van der Waals surface area (Å²) in [5.74, 6) is 2.68. The minimum atomic E-state index is 0.670. The molecule has 0 aromatic heterocycles. The summed E-state index contributed by atoms with van der Waals surface area (Å²) in [6, 6.07) is 58.5. The number of aryl methyl sites for hydroxylation is 2. The third-order valence-corrected chi connectivity index (χ3v) is 17.7. The highest BCUT2D eigenvalue weighted by Gasteiger charge is 2.26. The number of nitrogens with zero attached hydrogens (tertiary/aromatic N) is 2. The van der Waals surface area contributed by atoms with Gasteiger partial charge in [0.05, 0.1) is 11.4 Å². The maximum atomic E-state index is 2.58. The number of hydrogen-bond acceptors (Lipinski definition) is 2. The Hall–Kier alpha value is -5.86. The topological polar surface area (TPSA) is 6.48 Å². The van der Waals surface area contributed by atoms with Crippen LogP contribution in [0.1, 0.15) is 185 Å². The Bertz CT molecular complexity index is 2730. The van der Waals surface area contributed by atoms with Crippen molar-refractivity contribution >= 4 is 66.4 Å². The van der Waals surface area contributed by atoms with E-state index in [0.29, 0.717) is 23.7 Å². The van der Waals surface area contributed by atoms with Gasteiger partial charge in [-0.05, 0) is 193 Å². The van der Waals surface area contributed by atoms with Gasteiger partial charge in [-0.25, -0.2) is 0 Å². The van der Waals surface area contributed by atoms with Gasteiger partial charge in [-0.2, -0.15) is 0 Å². The first kappa shape index (κ1) is 45.3. The van der Waals surface area contributed by atoms with Gasteiger partial charge in [0.15, 0.2) is 0 Å². The summed E-state index contributed by atoms with van der Waals surface area (Å²) in [4.78, 5) is 5.16. The van der Waals surface area contributed by atoms with E-state index in [-0.39, 0.29) is 0 Å². The largest absolute Gasteiger partial charge is 0.310 e. The van der Waals surface area contributed by atoms with E-state index in [9.17, 15) is 0 Å². The van der Waals surface area contributed by atoms with Crippen LogP contribution in [-0.4, -0.2) is 0 Å². The third kappa shape index (κ3) is 9.06. The highest BCUT2D eigenvalue weighted by molar-refractivity contribution is 6.24. The molecule has 4 saturated carbocycles. The molecule has 12 rings (SSSR count). The van der Waals surface area contributed by atoms with Gasteiger partial charge < -0.3 is 9.80 Å². The van der Waals surface area contributed by atoms with Gasteiger partial charge in [-0.3, -0.25) is 0 Å². The molecule has 356 valence electrons. The summed E-state index contributed by atoms with van der Waals surface area (Å²) in [5, 5.41) is 7.78.